The van der Waals surface area contributed by atoms with Crippen LogP contribution in [0.25, 0.3) is 0 Å². The van der Waals surface area contributed by atoms with E-state index >= 15 is 0 Å². The molecule has 1 aromatic carbocycles. The number of esters is 1. The van der Waals surface area contributed by atoms with Crippen molar-refractivity contribution < 1.29 is 9.53 Å². The van der Waals surface area contributed by atoms with Crippen LogP contribution in [0.4, 0.5) is 0 Å². The molecule has 0 heterocycles. The highest BCUT2D eigenvalue weighted by Crippen LogP contribution is 2.21. The number of carbonyl (C=O) groups is 1. The van der Waals surface area contributed by atoms with E-state index < -0.39 is 0 Å². The van der Waals surface area contributed by atoms with Gasteiger partial charge in [0.2, 0.25) is 0 Å². The van der Waals surface area contributed by atoms with Crippen LogP contribution in [0, 0.1) is 0 Å². The van der Waals surface area contributed by atoms with Crippen molar-refractivity contribution in [2.45, 2.75) is 38.6 Å². The summed E-state index contributed by atoms with van der Waals surface area (Å²) >= 11 is 7.79. The highest BCUT2D eigenvalue weighted by Gasteiger charge is 2.20. The quantitative estimate of drug-likeness (QED) is 0.745. The summed E-state index contributed by atoms with van der Waals surface area (Å²) in [5.41, 5.74) is 1.09. The van der Waals surface area contributed by atoms with Gasteiger partial charge in [-0.3, -0.25) is 4.79 Å². The number of carbonyl (C=O) groups excluding carboxylic acids is 1. The lowest BCUT2D eigenvalue weighted by Crippen LogP contribution is -2.43. The molecule has 0 saturated carbocycles. The highest BCUT2D eigenvalue weighted by molar-refractivity contribution is 7.98. The third-order valence-electron chi connectivity index (χ3n) is 2.61. The lowest BCUT2D eigenvalue weighted by atomic mass is 10.2. The van der Waals surface area contributed by atoms with Gasteiger partial charge in [0.1, 0.15) is 6.04 Å². The minimum atomic E-state index is -0.276. The summed E-state index contributed by atoms with van der Waals surface area (Å²) in [6, 6.07) is 7.74. The zero-order valence-corrected chi connectivity index (χ0v) is 13.8. The number of nitrogens with one attached hydrogen (secondary N) is 1. The van der Waals surface area contributed by atoms with E-state index in [0.29, 0.717) is 12.4 Å². The molecule has 1 unspecified atom stereocenters. The van der Waals surface area contributed by atoms with Crippen LogP contribution in [0.5, 0.6) is 0 Å². The summed E-state index contributed by atoms with van der Waals surface area (Å²) < 4.78 is 5.09. The third kappa shape index (κ3) is 6.16. The highest BCUT2D eigenvalue weighted by atomic mass is 35.5. The Kier molecular flexibility index (Phi) is 8.04. The van der Waals surface area contributed by atoms with Gasteiger partial charge in [0, 0.05) is 22.6 Å². The summed E-state index contributed by atoms with van der Waals surface area (Å²) in [7, 11) is 0. The number of hydrogen-bond donors (Lipinski definition) is 1. The maximum Gasteiger partial charge on any atom is 0.323 e. The fourth-order valence-electron chi connectivity index (χ4n) is 1.73. The average Bonchev–Trinajstić information content (AvgIpc) is 2.39. The lowest BCUT2D eigenvalue weighted by molar-refractivity contribution is -0.145. The molecule has 1 atom stereocenters. The molecule has 1 N–H and O–H groups in total. The molecule has 0 amide bonds. The maximum absolute atomic E-state index is 11.9. The lowest BCUT2D eigenvalue weighted by Gasteiger charge is -2.19. The summed E-state index contributed by atoms with van der Waals surface area (Å²) in [6.45, 7) is 6.27. The van der Waals surface area contributed by atoms with Gasteiger partial charge in [-0.05, 0) is 18.6 Å². The van der Waals surface area contributed by atoms with Crippen LogP contribution in [0.3, 0.4) is 0 Å². The number of hydrogen-bond acceptors (Lipinski definition) is 4. The Morgan fingerprint density at radius 1 is 1.40 bits per heavy atom. The van der Waals surface area contributed by atoms with Crippen LogP contribution in [-0.2, 0) is 15.3 Å². The van der Waals surface area contributed by atoms with Crippen LogP contribution in [0.15, 0.2) is 24.3 Å². The van der Waals surface area contributed by atoms with Crippen molar-refractivity contribution in [1.82, 2.24) is 5.32 Å². The fourth-order valence-corrected chi connectivity index (χ4v) is 3.07. The molecule has 0 aromatic heterocycles. The first kappa shape index (κ1) is 17.3. The number of benzene rings is 1. The molecule has 0 aliphatic carbocycles. The summed E-state index contributed by atoms with van der Waals surface area (Å²) in [5, 5.41) is 4.00. The molecule has 0 spiro atoms. The van der Waals surface area contributed by atoms with E-state index in [0.717, 1.165) is 16.3 Å². The molecule has 0 saturated heterocycles. The molecule has 20 heavy (non-hydrogen) atoms. The monoisotopic (exact) mass is 315 g/mol. The second-order valence-corrected chi connectivity index (χ2v) is 6.17. The molecule has 1 rings (SSSR count). The van der Waals surface area contributed by atoms with E-state index in [9.17, 15) is 4.79 Å². The molecule has 0 radical (unpaired) electrons. The van der Waals surface area contributed by atoms with Crippen LogP contribution >= 0.6 is 23.4 Å². The van der Waals surface area contributed by atoms with Crippen molar-refractivity contribution in [2.24, 2.45) is 0 Å². The van der Waals surface area contributed by atoms with Gasteiger partial charge in [0.05, 0.1) is 6.61 Å². The predicted molar refractivity (Wildman–Crippen MR) is 86.3 cm³/mol. The van der Waals surface area contributed by atoms with E-state index in [-0.39, 0.29) is 18.1 Å². The predicted octanol–water partition coefficient (Wildman–Crippen LogP) is 3.50. The van der Waals surface area contributed by atoms with E-state index in [1.807, 2.05) is 45.0 Å². The minimum absolute atomic E-state index is 0.187. The number of thioether (sulfide) groups is 1. The fraction of sp³-hybridized carbons (Fsp3) is 0.533. The standard InChI is InChI=1S/C15H22ClNO2S/c1-4-19-15(18)14(17-11(2)3)10-20-9-12-7-5-6-8-13(12)16/h5-8,11,14,17H,4,9-10H2,1-3H3. The molecular formula is C15H22ClNO2S. The molecular weight excluding hydrogens is 294 g/mol. The SMILES string of the molecule is CCOC(=O)C(CSCc1ccccc1Cl)NC(C)C. The van der Waals surface area contributed by atoms with Gasteiger partial charge in [-0.25, -0.2) is 0 Å². The van der Waals surface area contributed by atoms with Gasteiger partial charge in [0.25, 0.3) is 0 Å². The van der Waals surface area contributed by atoms with Crippen molar-refractivity contribution in [1.29, 1.82) is 0 Å². The van der Waals surface area contributed by atoms with Crippen molar-refractivity contribution >= 4 is 29.3 Å². The molecule has 112 valence electrons. The number of ether oxygens (including phenoxy) is 1. The Hall–Kier alpha value is -0.710. The zero-order valence-electron chi connectivity index (χ0n) is 12.2. The summed E-state index contributed by atoms with van der Waals surface area (Å²) in [4.78, 5) is 11.9. The van der Waals surface area contributed by atoms with Gasteiger partial charge in [-0.15, -0.1) is 0 Å². The summed E-state index contributed by atoms with van der Waals surface area (Å²) in [5.74, 6) is 1.27. The normalized spacial score (nSPS) is 12.4. The zero-order chi connectivity index (χ0) is 15.0. The Morgan fingerprint density at radius 2 is 2.10 bits per heavy atom. The van der Waals surface area contributed by atoms with Gasteiger partial charge in [-0.2, -0.15) is 11.8 Å². The average molecular weight is 316 g/mol. The van der Waals surface area contributed by atoms with Crippen molar-refractivity contribution in [2.75, 3.05) is 12.4 Å². The largest absolute Gasteiger partial charge is 0.465 e. The van der Waals surface area contributed by atoms with Crippen LogP contribution in [0.2, 0.25) is 5.02 Å². The molecule has 5 heteroatoms. The van der Waals surface area contributed by atoms with E-state index in [2.05, 4.69) is 5.32 Å². The maximum atomic E-state index is 11.9. The van der Waals surface area contributed by atoms with Gasteiger partial charge < -0.3 is 10.1 Å². The minimum Gasteiger partial charge on any atom is -0.465 e. The Balaban J connectivity index is 2.49. The first-order valence-electron chi connectivity index (χ1n) is 6.78. The molecule has 0 aliphatic heterocycles. The van der Waals surface area contributed by atoms with Gasteiger partial charge >= 0.3 is 5.97 Å². The third-order valence-corrected chi connectivity index (χ3v) is 4.06. The second-order valence-electron chi connectivity index (χ2n) is 4.73. The number of halogens is 1. The Morgan fingerprint density at radius 3 is 2.70 bits per heavy atom. The van der Waals surface area contributed by atoms with E-state index in [4.69, 9.17) is 16.3 Å². The smallest absolute Gasteiger partial charge is 0.323 e. The molecule has 0 aliphatic rings. The molecule has 0 bridgehead atoms. The van der Waals surface area contributed by atoms with Crippen LogP contribution in [0.1, 0.15) is 26.3 Å². The van der Waals surface area contributed by atoms with Gasteiger partial charge in [0.15, 0.2) is 0 Å². The van der Waals surface area contributed by atoms with Crippen molar-refractivity contribution in [3.05, 3.63) is 34.9 Å². The van der Waals surface area contributed by atoms with E-state index in [1.165, 1.54) is 0 Å². The van der Waals surface area contributed by atoms with Crippen molar-refractivity contribution in [3.63, 3.8) is 0 Å². The summed E-state index contributed by atoms with van der Waals surface area (Å²) in [6.07, 6.45) is 0. The first-order chi connectivity index (χ1) is 9.54. The molecule has 3 nitrogen and oxygen atoms in total. The topological polar surface area (TPSA) is 38.3 Å². The van der Waals surface area contributed by atoms with Gasteiger partial charge in [-0.1, -0.05) is 43.6 Å². The molecule has 0 fully saturated rings. The second kappa shape index (κ2) is 9.27. The van der Waals surface area contributed by atoms with Crippen molar-refractivity contribution in [3.8, 4) is 0 Å². The Bertz CT molecular complexity index is 426. The molecule has 1 aromatic rings. The number of rotatable bonds is 8. The van der Waals surface area contributed by atoms with Crippen LogP contribution < -0.4 is 5.32 Å². The van der Waals surface area contributed by atoms with E-state index in [1.54, 1.807) is 11.8 Å². The Labute approximate surface area is 130 Å². The van der Waals surface area contributed by atoms with Crippen LogP contribution in [-0.4, -0.2) is 30.4 Å². The first-order valence-corrected chi connectivity index (χ1v) is 8.31.